The fourth-order valence-corrected chi connectivity index (χ4v) is 2.29. The Balaban J connectivity index is 2.11. The Morgan fingerprint density at radius 1 is 1.09 bits per heavy atom. The van der Waals surface area contributed by atoms with E-state index in [0.717, 1.165) is 12.0 Å². The zero-order valence-corrected chi connectivity index (χ0v) is 13.7. The van der Waals surface area contributed by atoms with Gasteiger partial charge in [-0.3, -0.25) is 5.41 Å². The molecule has 0 aliphatic heterocycles. The van der Waals surface area contributed by atoms with Crippen LogP contribution in [0.5, 0.6) is 5.75 Å². The number of ether oxygens (including phenoxy) is 1. The summed E-state index contributed by atoms with van der Waals surface area (Å²) in [6.07, 6.45) is 0.890. The smallest absolute Gasteiger partial charge is 0.343 e. The van der Waals surface area contributed by atoms with Crippen molar-refractivity contribution in [3.8, 4) is 5.75 Å². The number of nitrogens with one attached hydrogen (secondary N) is 1. The number of benzene rings is 2. The van der Waals surface area contributed by atoms with Gasteiger partial charge < -0.3 is 10.5 Å². The highest BCUT2D eigenvalue weighted by atomic mass is 16.5. The number of amidine groups is 1. The van der Waals surface area contributed by atoms with Crippen molar-refractivity contribution < 1.29 is 9.53 Å². The van der Waals surface area contributed by atoms with Gasteiger partial charge in [-0.2, -0.15) is 0 Å². The average molecular weight is 310 g/mol. The number of nitrogen functional groups attached to an aromatic ring is 1. The molecule has 0 atom stereocenters. The van der Waals surface area contributed by atoms with Crippen LogP contribution >= 0.6 is 0 Å². The van der Waals surface area contributed by atoms with Crippen LogP contribution in [0.25, 0.3) is 0 Å². The maximum atomic E-state index is 12.3. The molecule has 0 spiro atoms. The molecule has 0 radical (unpaired) electrons. The molecule has 120 valence electrons. The van der Waals surface area contributed by atoms with Crippen molar-refractivity contribution in [2.45, 2.75) is 27.2 Å². The third kappa shape index (κ3) is 4.95. The summed E-state index contributed by atoms with van der Waals surface area (Å²) in [5.74, 6) is 0.0234. The molecule has 2 aromatic carbocycles. The number of esters is 1. The zero-order valence-electron chi connectivity index (χ0n) is 13.7. The highest BCUT2D eigenvalue weighted by Gasteiger charge is 2.14. The van der Waals surface area contributed by atoms with Crippen LogP contribution in [0.3, 0.4) is 0 Å². The van der Waals surface area contributed by atoms with Gasteiger partial charge in [0.15, 0.2) is 0 Å². The van der Waals surface area contributed by atoms with E-state index in [0.29, 0.717) is 16.9 Å². The summed E-state index contributed by atoms with van der Waals surface area (Å²) in [4.78, 5) is 12.3. The normalized spacial score (nSPS) is 11.1. The van der Waals surface area contributed by atoms with Gasteiger partial charge in [0.1, 0.15) is 11.6 Å². The minimum absolute atomic E-state index is 0.0160. The van der Waals surface area contributed by atoms with Crippen molar-refractivity contribution in [3.05, 3.63) is 65.2 Å². The van der Waals surface area contributed by atoms with E-state index in [4.69, 9.17) is 15.9 Å². The summed E-state index contributed by atoms with van der Waals surface area (Å²) in [5, 5.41) is 7.35. The van der Waals surface area contributed by atoms with Gasteiger partial charge in [-0.15, -0.1) is 0 Å². The highest BCUT2D eigenvalue weighted by Crippen LogP contribution is 2.21. The molecule has 23 heavy (non-hydrogen) atoms. The third-order valence-corrected chi connectivity index (χ3v) is 3.27. The Hall–Kier alpha value is -2.62. The standard InChI is InChI=1S/C19H22N2O2/c1-19(2,3)12-13-5-4-6-15(11-13)18(22)23-16-9-7-14(8-10-16)17(20)21/h4-11H,12H2,1-3H3,(H3,20,21). The first-order valence-electron chi connectivity index (χ1n) is 7.50. The molecule has 2 rings (SSSR count). The topological polar surface area (TPSA) is 76.2 Å². The van der Waals surface area contributed by atoms with Crippen LogP contribution in [-0.2, 0) is 6.42 Å². The molecule has 0 fully saturated rings. The van der Waals surface area contributed by atoms with Gasteiger partial charge in [-0.05, 0) is 53.8 Å². The van der Waals surface area contributed by atoms with Crippen LogP contribution in [0.2, 0.25) is 0 Å². The van der Waals surface area contributed by atoms with Crippen LogP contribution in [0.15, 0.2) is 48.5 Å². The lowest BCUT2D eigenvalue weighted by Crippen LogP contribution is -2.13. The fraction of sp³-hybridized carbons (Fsp3) is 0.263. The monoisotopic (exact) mass is 310 g/mol. The van der Waals surface area contributed by atoms with Crippen LogP contribution in [0, 0.1) is 10.8 Å². The molecule has 3 N–H and O–H groups in total. The van der Waals surface area contributed by atoms with E-state index in [2.05, 4.69) is 20.8 Å². The lowest BCUT2D eigenvalue weighted by atomic mass is 9.88. The largest absolute Gasteiger partial charge is 0.423 e. The molecule has 0 heterocycles. The lowest BCUT2D eigenvalue weighted by molar-refractivity contribution is 0.0734. The number of nitrogens with two attached hydrogens (primary N) is 1. The molecule has 4 heteroatoms. The highest BCUT2D eigenvalue weighted by molar-refractivity contribution is 5.95. The van der Waals surface area contributed by atoms with Crippen molar-refractivity contribution in [2.24, 2.45) is 11.1 Å². The lowest BCUT2D eigenvalue weighted by Gasteiger charge is -2.18. The Labute approximate surface area is 136 Å². The van der Waals surface area contributed by atoms with Crippen LogP contribution in [0.1, 0.15) is 42.3 Å². The second-order valence-corrected chi connectivity index (χ2v) is 6.77. The van der Waals surface area contributed by atoms with E-state index in [1.54, 1.807) is 30.3 Å². The molecule has 4 nitrogen and oxygen atoms in total. The van der Waals surface area contributed by atoms with Gasteiger partial charge >= 0.3 is 5.97 Å². The number of hydrogen-bond acceptors (Lipinski definition) is 3. The van der Waals surface area contributed by atoms with Crippen molar-refractivity contribution in [2.75, 3.05) is 0 Å². The number of carbonyl (C=O) groups excluding carboxylic acids is 1. The predicted octanol–water partition coefficient (Wildman–Crippen LogP) is 3.78. The maximum absolute atomic E-state index is 12.3. The Morgan fingerprint density at radius 2 is 1.74 bits per heavy atom. The molecule has 0 aromatic heterocycles. The van der Waals surface area contributed by atoms with Crippen LogP contribution in [-0.4, -0.2) is 11.8 Å². The number of hydrogen-bond donors (Lipinski definition) is 2. The average Bonchev–Trinajstić information content (AvgIpc) is 2.46. The molecule has 0 aliphatic rings. The van der Waals surface area contributed by atoms with E-state index < -0.39 is 5.97 Å². The summed E-state index contributed by atoms with van der Waals surface area (Å²) in [7, 11) is 0. The van der Waals surface area contributed by atoms with E-state index in [9.17, 15) is 4.79 Å². The quantitative estimate of drug-likeness (QED) is 0.390. The zero-order chi connectivity index (χ0) is 17.0. The molecular formula is C19H22N2O2. The van der Waals surface area contributed by atoms with Gasteiger partial charge in [0.25, 0.3) is 0 Å². The Kier molecular flexibility index (Phi) is 4.84. The molecule has 0 amide bonds. The Morgan fingerprint density at radius 3 is 2.30 bits per heavy atom. The first-order chi connectivity index (χ1) is 10.7. The minimum atomic E-state index is -0.392. The third-order valence-electron chi connectivity index (χ3n) is 3.27. The number of rotatable bonds is 4. The minimum Gasteiger partial charge on any atom is -0.423 e. The van der Waals surface area contributed by atoms with Crippen LogP contribution in [0.4, 0.5) is 0 Å². The number of carbonyl (C=O) groups is 1. The van der Waals surface area contributed by atoms with Gasteiger partial charge in [0.2, 0.25) is 0 Å². The van der Waals surface area contributed by atoms with E-state index in [1.165, 1.54) is 0 Å². The molecule has 2 aromatic rings. The van der Waals surface area contributed by atoms with E-state index >= 15 is 0 Å². The summed E-state index contributed by atoms with van der Waals surface area (Å²) in [6, 6.07) is 14.1. The molecule has 0 aliphatic carbocycles. The van der Waals surface area contributed by atoms with E-state index in [1.807, 2.05) is 18.2 Å². The molecule has 0 saturated carbocycles. The summed E-state index contributed by atoms with van der Waals surface area (Å²) in [6.45, 7) is 6.48. The van der Waals surface area contributed by atoms with Crippen molar-refractivity contribution >= 4 is 11.8 Å². The molecule has 0 bridgehead atoms. The summed E-state index contributed by atoms with van der Waals surface area (Å²) >= 11 is 0. The summed E-state index contributed by atoms with van der Waals surface area (Å²) in [5.41, 5.74) is 7.79. The first kappa shape index (κ1) is 16.7. The van der Waals surface area contributed by atoms with Gasteiger partial charge in [-0.1, -0.05) is 32.9 Å². The van der Waals surface area contributed by atoms with Gasteiger partial charge in [0, 0.05) is 5.56 Å². The predicted molar refractivity (Wildman–Crippen MR) is 92.0 cm³/mol. The Bertz CT molecular complexity index is 713. The SMILES string of the molecule is CC(C)(C)Cc1cccc(C(=O)Oc2ccc(C(=N)N)cc2)c1. The molecule has 0 saturated heterocycles. The second kappa shape index (κ2) is 6.65. The van der Waals surface area contributed by atoms with Gasteiger partial charge in [-0.25, -0.2) is 4.79 Å². The maximum Gasteiger partial charge on any atom is 0.343 e. The first-order valence-corrected chi connectivity index (χ1v) is 7.50. The van der Waals surface area contributed by atoms with Gasteiger partial charge in [0.05, 0.1) is 5.56 Å². The second-order valence-electron chi connectivity index (χ2n) is 6.77. The fourth-order valence-electron chi connectivity index (χ4n) is 2.29. The van der Waals surface area contributed by atoms with E-state index in [-0.39, 0.29) is 11.3 Å². The van der Waals surface area contributed by atoms with Crippen molar-refractivity contribution in [3.63, 3.8) is 0 Å². The van der Waals surface area contributed by atoms with Crippen LogP contribution < -0.4 is 10.5 Å². The van der Waals surface area contributed by atoms with Crippen molar-refractivity contribution in [1.29, 1.82) is 5.41 Å². The summed E-state index contributed by atoms with van der Waals surface area (Å²) < 4.78 is 5.37. The molecular weight excluding hydrogens is 288 g/mol. The molecule has 0 unspecified atom stereocenters. The van der Waals surface area contributed by atoms with Crippen molar-refractivity contribution in [1.82, 2.24) is 0 Å².